The molecule has 1 rings (SSSR count). The largest absolute Gasteiger partial charge is 0.378 e. The highest BCUT2D eigenvalue weighted by Crippen LogP contribution is 2.25. The highest BCUT2D eigenvalue weighted by molar-refractivity contribution is 6.17. The molecular weight excluding hydrogens is 226 g/mol. The number of halogens is 1. The first-order chi connectivity index (χ1) is 7.83. The van der Waals surface area contributed by atoms with Crippen LogP contribution in [0.5, 0.6) is 0 Å². The normalized spacial score (nSPS) is 17.3. The van der Waals surface area contributed by atoms with E-state index in [9.17, 15) is 4.79 Å². The summed E-state index contributed by atoms with van der Waals surface area (Å²) >= 11 is 5.46. The molecule has 3 nitrogen and oxygen atoms in total. The number of carbonyl (C=O) groups is 1. The van der Waals surface area contributed by atoms with Crippen LogP contribution in [-0.2, 0) is 9.53 Å². The minimum atomic E-state index is 0.168. The summed E-state index contributed by atoms with van der Waals surface area (Å²) in [6.07, 6.45) is 7.04. The molecule has 0 aromatic carbocycles. The Kier molecular flexibility index (Phi) is 7.60. The molecule has 1 fully saturated rings. The number of hydrogen-bond donors (Lipinski definition) is 1. The predicted octanol–water partition coefficient (Wildman–Crippen LogP) is 2.33. The van der Waals surface area contributed by atoms with E-state index in [0.29, 0.717) is 38.0 Å². The van der Waals surface area contributed by atoms with Crippen molar-refractivity contribution in [2.75, 3.05) is 25.6 Å². The maximum Gasteiger partial charge on any atom is 0.220 e. The lowest BCUT2D eigenvalue weighted by Crippen LogP contribution is -2.29. The van der Waals surface area contributed by atoms with Crippen molar-refractivity contribution in [3.63, 3.8) is 0 Å². The van der Waals surface area contributed by atoms with E-state index < -0.39 is 0 Å². The van der Waals surface area contributed by atoms with Gasteiger partial charge in [0.05, 0.1) is 13.2 Å². The Labute approximate surface area is 103 Å². The first-order valence-electron chi connectivity index (χ1n) is 6.23. The molecule has 0 heterocycles. The van der Waals surface area contributed by atoms with Crippen molar-refractivity contribution >= 4 is 17.5 Å². The van der Waals surface area contributed by atoms with E-state index in [1.165, 1.54) is 32.1 Å². The average molecular weight is 248 g/mol. The van der Waals surface area contributed by atoms with Crippen molar-refractivity contribution < 1.29 is 9.53 Å². The van der Waals surface area contributed by atoms with Crippen LogP contribution >= 0.6 is 11.6 Å². The van der Waals surface area contributed by atoms with Gasteiger partial charge in [-0.05, 0) is 18.8 Å². The van der Waals surface area contributed by atoms with Crippen LogP contribution in [0.4, 0.5) is 0 Å². The second-order valence-corrected chi connectivity index (χ2v) is 4.74. The molecule has 4 heteroatoms. The summed E-state index contributed by atoms with van der Waals surface area (Å²) in [5.74, 6) is 1.29. The van der Waals surface area contributed by atoms with E-state index in [4.69, 9.17) is 16.3 Å². The van der Waals surface area contributed by atoms with Crippen LogP contribution in [0.2, 0.25) is 0 Å². The van der Waals surface area contributed by atoms with E-state index in [2.05, 4.69) is 5.32 Å². The Morgan fingerprint density at radius 3 is 2.69 bits per heavy atom. The quantitative estimate of drug-likeness (QED) is 0.554. The number of hydrogen-bond acceptors (Lipinski definition) is 2. The molecule has 1 aliphatic rings. The predicted molar refractivity (Wildman–Crippen MR) is 65.7 cm³/mol. The number of alkyl halides is 1. The molecule has 0 saturated heterocycles. The molecule has 1 aliphatic carbocycles. The highest BCUT2D eigenvalue weighted by atomic mass is 35.5. The van der Waals surface area contributed by atoms with Gasteiger partial charge in [0, 0.05) is 18.8 Å². The molecule has 94 valence electrons. The van der Waals surface area contributed by atoms with Gasteiger partial charge in [-0.2, -0.15) is 0 Å². The standard InChI is InChI=1S/C12H22ClNO2/c13-6-8-16-9-7-14-12(15)10-11-4-2-1-3-5-11/h11H,1-10H2,(H,14,15). The Bertz CT molecular complexity index is 193. The summed E-state index contributed by atoms with van der Waals surface area (Å²) in [5.41, 5.74) is 0. The van der Waals surface area contributed by atoms with Gasteiger partial charge in [0.1, 0.15) is 0 Å². The molecule has 0 atom stereocenters. The van der Waals surface area contributed by atoms with Crippen LogP contribution in [0.15, 0.2) is 0 Å². The average Bonchev–Trinajstić information content (AvgIpc) is 2.30. The Morgan fingerprint density at radius 2 is 2.00 bits per heavy atom. The summed E-state index contributed by atoms with van der Waals surface area (Å²) in [7, 11) is 0. The van der Waals surface area contributed by atoms with Gasteiger partial charge < -0.3 is 10.1 Å². The van der Waals surface area contributed by atoms with Gasteiger partial charge in [-0.25, -0.2) is 0 Å². The van der Waals surface area contributed by atoms with Crippen molar-refractivity contribution in [3.8, 4) is 0 Å². The lowest BCUT2D eigenvalue weighted by molar-refractivity contribution is -0.122. The fraction of sp³-hybridized carbons (Fsp3) is 0.917. The van der Waals surface area contributed by atoms with Gasteiger partial charge in [-0.3, -0.25) is 4.79 Å². The van der Waals surface area contributed by atoms with Crippen molar-refractivity contribution in [1.29, 1.82) is 0 Å². The minimum Gasteiger partial charge on any atom is -0.378 e. The molecule has 1 amide bonds. The van der Waals surface area contributed by atoms with Gasteiger partial charge in [0.2, 0.25) is 5.91 Å². The molecule has 0 aliphatic heterocycles. The third-order valence-electron chi connectivity index (χ3n) is 2.99. The maximum atomic E-state index is 11.6. The fourth-order valence-electron chi connectivity index (χ4n) is 2.14. The lowest BCUT2D eigenvalue weighted by atomic mass is 9.87. The molecule has 0 unspecified atom stereocenters. The molecule has 0 spiro atoms. The fourth-order valence-corrected chi connectivity index (χ4v) is 2.25. The number of amides is 1. The maximum absolute atomic E-state index is 11.6. The molecule has 16 heavy (non-hydrogen) atoms. The lowest BCUT2D eigenvalue weighted by Gasteiger charge is -2.20. The first kappa shape index (κ1) is 13.8. The molecule has 0 aromatic rings. The van der Waals surface area contributed by atoms with E-state index in [1.807, 2.05) is 0 Å². The molecule has 0 aromatic heterocycles. The van der Waals surface area contributed by atoms with Gasteiger partial charge in [0.25, 0.3) is 0 Å². The minimum absolute atomic E-state index is 0.168. The number of ether oxygens (including phenoxy) is 1. The smallest absolute Gasteiger partial charge is 0.220 e. The van der Waals surface area contributed by atoms with Crippen LogP contribution in [0.1, 0.15) is 38.5 Å². The van der Waals surface area contributed by atoms with E-state index in [0.717, 1.165) is 0 Å². The van der Waals surface area contributed by atoms with E-state index >= 15 is 0 Å². The summed E-state index contributed by atoms with van der Waals surface area (Å²) in [5, 5.41) is 2.88. The molecule has 0 radical (unpaired) electrons. The van der Waals surface area contributed by atoms with E-state index in [1.54, 1.807) is 0 Å². The highest BCUT2D eigenvalue weighted by Gasteiger charge is 2.16. The third-order valence-corrected chi connectivity index (χ3v) is 3.14. The van der Waals surface area contributed by atoms with Crippen LogP contribution in [0.25, 0.3) is 0 Å². The van der Waals surface area contributed by atoms with Crippen LogP contribution < -0.4 is 5.32 Å². The first-order valence-corrected chi connectivity index (χ1v) is 6.77. The van der Waals surface area contributed by atoms with Crippen molar-refractivity contribution in [1.82, 2.24) is 5.32 Å². The Morgan fingerprint density at radius 1 is 1.25 bits per heavy atom. The molecule has 1 N–H and O–H groups in total. The third kappa shape index (κ3) is 6.33. The van der Waals surface area contributed by atoms with Crippen LogP contribution in [0, 0.1) is 5.92 Å². The van der Waals surface area contributed by atoms with Crippen LogP contribution in [0.3, 0.4) is 0 Å². The Balaban J connectivity index is 1.97. The molecular formula is C12H22ClNO2. The summed E-state index contributed by atoms with van der Waals surface area (Å²) in [4.78, 5) is 11.6. The second-order valence-electron chi connectivity index (χ2n) is 4.36. The summed E-state index contributed by atoms with van der Waals surface area (Å²) in [6, 6.07) is 0. The number of nitrogens with one attached hydrogen (secondary N) is 1. The SMILES string of the molecule is O=C(CC1CCCCC1)NCCOCCCl. The van der Waals surface area contributed by atoms with Crippen molar-refractivity contribution in [2.24, 2.45) is 5.92 Å². The van der Waals surface area contributed by atoms with E-state index in [-0.39, 0.29) is 5.91 Å². The van der Waals surface area contributed by atoms with Gasteiger partial charge in [-0.1, -0.05) is 19.3 Å². The van der Waals surface area contributed by atoms with Crippen molar-refractivity contribution in [2.45, 2.75) is 38.5 Å². The summed E-state index contributed by atoms with van der Waals surface area (Å²) < 4.78 is 5.18. The monoisotopic (exact) mass is 247 g/mol. The second kappa shape index (κ2) is 8.82. The Hall–Kier alpha value is -0.280. The zero-order valence-corrected chi connectivity index (χ0v) is 10.6. The topological polar surface area (TPSA) is 38.3 Å². The van der Waals surface area contributed by atoms with Crippen LogP contribution in [-0.4, -0.2) is 31.5 Å². The van der Waals surface area contributed by atoms with Gasteiger partial charge in [0.15, 0.2) is 0 Å². The van der Waals surface area contributed by atoms with Crippen molar-refractivity contribution in [3.05, 3.63) is 0 Å². The number of carbonyl (C=O) groups excluding carboxylic acids is 1. The zero-order valence-electron chi connectivity index (χ0n) is 9.84. The van der Waals surface area contributed by atoms with Gasteiger partial charge in [-0.15, -0.1) is 11.6 Å². The zero-order chi connectivity index (χ0) is 11.6. The molecule has 1 saturated carbocycles. The summed E-state index contributed by atoms with van der Waals surface area (Å²) in [6.45, 7) is 1.71. The van der Waals surface area contributed by atoms with Gasteiger partial charge >= 0.3 is 0 Å². The number of rotatable bonds is 7. The molecule has 0 bridgehead atoms.